The topological polar surface area (TPSA) is 15.3 Å². The molecule has 1 aliphatic carbocycles. The Morgan fingerprint density at radius 1 is 1.42 bits per heavy atom. The van der Waals surface area contributed by atoms with Gasteiger partial charge in [-0.15, -0.1) is 11.3 Å². The van der Waals surface area contributed by atoms with Crippen molar-refractivity contribution in [3.8, 4) is 0 Å². The molecule has 1 aromatic heterocycles. The van der Waals surface area contributed by atoms with Crippen molar-refractivity contribution in [1.82, 2.24) is 10.2 Å². The molecule has 0 saturated heterocycles. The normalized spacial score (nSPS) is 24.0. The summed E-state index contributed by atoms with van der Waals surface area (Å²) in [5, 5.41) is 5.76. The van der Waals surface area contributed by atoms with E-state index in [0.717, 1.165) is 25.0 Å². The molecule has 1 saturated carbocycles. The number of hydrogen-bond acceptors (Lipinski definition) is 3. The van der Waals surface area contributed by atoms with Crippen LogP contribution in [0.5, 0.6) is 0 Å². The lowest BCUT2D eigenvalue weighted by Crippen LogP contribution is -2.39. The summed E-state index contributed by atoms with van der Waals surface area (Å²) in [4.78, 5) is 4.04. The summed E-state index contributed by atoms with van der Waals surface area (Å²) in [5.74, 6) is 0.919. The molecule has 0 spiro atoms. The van der Waals surface area contributed by atoms with E-state index in [1.807, 2.05) is 11.3 Å². The van der Waals surface area contributed by atoms with E-state index < -0.39 is 0 Å². The van der Waals surface area contributed by atoms with Crippen LogP contribution in [0.25, 0.3) is 0 Å². The van der Waals surface area contributed by atoms with Crippen molar-refractivity contribution >= 4 is 11.3 Å². The van der Waals surface area contributed by atoms with Crippen LogP contribution in [0.2, 0.25) is 0 Å². The van der Waals surface area contributed by atoms with Gasteiger partial charge in [0.25, 0.3) is 0 Å². The largest absolute Gasteiger partial charge is 0.311 e. The predicted octanol–water partition coefficient (Wildman–Crippen LogP) is 3.66. The fraction of sp³-hybridized carbons (Fsp3) is 0.750. The summed E-state index contributed by atoms with van der Waals surface area (Å²) in [6.07, 6.45) is 5.63. The first-order chi connectivity index (χ1) is 9.16. The van der Waals surface area contributed by atoms with Crippen molar-refractivity contribution in [2.45, 2.75) is 52.1 Å². The Bertz CT molecular complexity index is 375. The van der Waals surface area contributed by atoms with Gasteiger partial charge in [0.05, 0.1) is 0 Å². The molecule has 2 unspecified atom stereocenters. The standard InChI is InChI=1S/C16H28N2S/c1-13-5-4-6-15(11-13)18(3)9-8-17-12-16-14(2)7-10-19-16/h7,10,13,15,17H,4-6,8-9,11-12H2,1-3H3. The maximum Gasteiger partial charge on any atom is 0.0302 e. The highest BCUT2D eigenvalue weighted by atomic mass is 32.1. The third-order valence-electron chi connectivity index (χ3n) is 4.43. The summed E-state index contributed by atoms with van der Waals surface area (Å²) < 4.78 is 0. The first-order valence-electron chi connectivity index (χ1n) is 7.60. The Kier molecular flexibility index (Phi) is 5.86. The average molecular weight is 280 g/mol. The van der Waals surface area contributed by atoms with Crippen molar-refractivity contribution < 1.29 is 0 Å². The van der Waals surface area contributed by atoms with E-state index in [1.54, 1.807) is 0 Å². The molecular weight excluding hydrogens is 252 g/mol. The predicted molar refractivity (Wildman–Crippen MR) is 84.8 cm³/mol. The van der Waals surface area contributed by atoms with Crippen LogP contribution in [0.4, 0.5) is 0 Å². The fourth-order valence-corrected chi connectivity index (χ4v) is 3.90. The van der Waals surface area contributed by atoms with E-state index in [1.165, 1.54) is 42.7 Å². The zero-order valence-corrected chi connectivity index (χ0v) is 13.4. The van der Waals surface area contributed by atoms with Crippen LogP contribution in [-0.2, 0) is 6.54 Å². The Morgan fingerprint density at radius 3 is 2.95 bits per heavy atom. The molecule has 0 aromatic carbocycles. The average Bonchev–Trinajstić information content (AvgIpc) is 2.80. The third-order valence-corrected chi connectivity index (χ3v) is 5.45. The van der Waals surface area contributed by atoms with Crippen molar-refractivity contribution in [3.63, 3.8) is 0 Å². The molecule has 1 aromatic rings. The fourth-order valence-electron chi connectivity index (χ4n) is 3.03. The molecule has 0 bridgehead atoms. The SMILES string of the molecule is Cc1ccsc1CNCCN(C)C1CCCC(C)C1. The van der Waals surface area contributed by atoms with Gasteiger partial charge in [0.1, 0.15) is 0 Å². The molecule has 2 atom stereocenters. The summed E-state index contributed by atoms with van der Waals surface area (Å²) in [5.41, 5.74) is 1.42. The Hall–Kier alpha value is -0.380. The van der Waals surface area contributed by atoms with Gasteiger partial charge >= 0.3 is 0 Å². The monoisotopic (exact) mass is 280 g/mol. The zero-order chi connectivity index (χ0) is 13.7. The Balaban J connectivity index is 1.63. The summed E-state index contributed by atoms with van der Waals surface area (Å²) in [7, 11) is 2.29. The van der Waals surface area contributed by atoms with Crippen LogP contribution in [-0.4, -0.2) is 31.1 Å². The van der Waals surface area contributed by atoms with Crippen LogP contribution in [0.1, 0.15) is 43.0 Å². The minimum Gasteiger partial charge on any atom is -0.311 e. The van der Waals surface area contributed by atoms with Gasteiger partial charge in [-0.25, -0.2) is 0 Å². The van der Waals surface area contributed by atoms with Crippen molar-refractivity contribution in [1.29, 1.82) is 0 Å². The van der Waals surface area contributed by atoms with Crippen molar-refractivity contribution in [2.24, 2.45) is 5.92 Å². The molecule has 2 nitrogen and oxygen atoms in total. The molecule has 0 amide bonds. The molecule has 108 valence electrons. The van der Waals surface area contributed by atoms with Crippen LogP contribution >= 0.6 is 11.3 Å². The highest BCUT2D eigenvalue weighted by Crippen LogP contribution is 2.26. The maximum atomic E-state index is 3.58. The molecule has 0 aliphatic heterocycles. The van der Waals surface area contributed by atoms with E-state index in [4.69, 9.17) is 0 Å². The lowest BCUT2D eigenvalue weighted by atomic mass is 9.86. The van der Waals surface area contributed by atoms with Crippen LogP contribution in [0.3, 0.4) is 0 Å². The highest BCUT2D eigenvalue weighted by molar-refractivity contribution is 7.10. The molecule has 19 heavy (non-hydrogen) atoms. The minimum atomic E-state index is 0.814. The van der Waals surface area contributed by atoms with Crippen LogP contribution < -0.4 is 5.32 Å². The van der Waals surface area contributed by atoms with Gasteiger partial charge in [0.15, 0.2) is 0 Å². The maximum absolute atomic E-state index is 3.58. The molecular formula is C16H28N2S. The number of aryl methyl sites for hydroxylation is 1. The second-order valence-electron chi connectivity index (χ2n) is 6.11. The number of nitrogens with zero attached hydrogens (tertiary/aromatic N) is 1. The number of rotatable bonds is 6. The second-order valence-corrected chi connectivity index (χ2v) is 7.11. The van der Waals surface area contributed by atoms with E-state index in [0.29, 0.717) is 0 Å². The zero-order valence-electron chi connectivity index (χ0n) is 12.6. The molecule has 0 radical (unpaired) electrons. The van der Waals surface area contributed by atoms with Gasteiger partial charge in [0.2, 0.25) is 0 Å². The number of nitrogens with one attached hydrogen (secondary N) is 1. The lowest BCUT2D eigenvalue weighted by molar-refractivity contribution is 0.164. The van der Waals surface area contributed by atoms with Crippen LogP contribution in [0.15, 0.2) is 11.4 Å². The summed E-state index contributed by atoms with van der Waals surface area (Å²) in [6.45, 7) is 7.89. The van der Waals surface area contributed by atoms with E-state index in [2.05, 4.69) is 42.6 Å². The molecule has 1 aliphatic rings. The Labute approximate surface area is 122 Å². The first-order valence-corrected chi connectivity index (χ1v) is 8.48. The second kappa shape index (κ2) is 7.41. The number of likely N-dealkylation sites (N-methyl/N-ethyl adjacent to an activating group) is 1. The van der Waals surface area contributed by atoms with Crippen LogP contribution in [0, 0.1) is 12.8 Å². The lowest BCUT2D eigenvalue weighted by Gasteiger charge is -2.34. The molecule has 1 heterocycles. The third kappa shape index (κ3) is 4.59. The molecule has 2 rings (SSSR count). The van der Waals surface area contributed by atoms with Crippen molar-refractivity contribution in [3.05, 3.63) is 21.9 Å². The van der Waals surface area contributed by atoms with Gasteiger partial charge in [-0.2, -0.15) is 0 Å². The number of thiophene rings is 1. The summed E-state index contributed by atoms with van der Waals surface area (Å²) in [6, 6.07) is 3.02. The van der Waals surface area contributed by atoms with Gasteiger partial charge in [-0.05, 0) is 49.7 Å². The van der Waals surface area contributed by atoms with E-state index >= 15 is 0 Å². The highest BCUT2D eigenvalue weighted by Gasteiger charge is 2.21. The molecule has 1 N–H and O–H groups in total. The first kappa shape index (κ1) is 15.0. The van der Waals surface area contributed by atoms with Gasteiger partial charge < -0.3 is 10.2 Å². The van der Waals surface area contributed by atoms with E-state index in [-0.39, 0.29) is 0 Å². The molecule has 1 fully saturated rings. The van der Waals surface area contributed by atoms with Crippen molar-refractivity contribution in [2.75, 3.05) is 20.1 Å². The quantitative estimate of drug-likeness (QED) is 0.800. The number of hydrogen-bond donors (Lipinski definition) is 1. The van der Waals surface area contributed by atoms with Gasteiger partial charge in [-0.1, -0.05) is 19.8 Å². The van der Waals surface area contributed by atoms with Gasteiger partial charge in [-0.3, -0.25) is 0 Å². The van der Waals surface area contributed by atoms with Gasteiger partial charge in [0, 0.05) is 30.6 Å². The Morgan fingerprint density at radius 2 is 2.26 bits per heavy atom. The molecule has 3 heteroatoms. The van der Waals surface area contributed by atoms with E-state index in [9.17, 15) is 0 Å². The minimum absolute atomic E-state index is 0.814. The smallest absolute Gasteiger partial charge is 0.0302 e. The summed E-state index contributed by atoms with van der Waals surface area (Å²) >= 11 is 1.86.